The highest BCUT2D eigenvalue weighted by Crippen LogP contribution is 2.24. The molecule has 2 aromatic heterocycles. The molecule has 0 saturated carbocycles. The zero-order valence-corrected chi connectivity index (χ0v) is 19.8. The van der Waals surface area contributed by atoms with Gasteiger partial charge in [0.05, 0.1) is 38.1 Å². The molecule has 0 aliphatic rings. The van der Waals surface area contributed by atoms with Crippen LogP contribution in [-0.2, 0) is 27.3 Å². The van der Waals surface area contributed by atoms with E-state index in [-0.39, 0.29) is 24.7 Å². The van der Waals surface area contributed by atoms with Crippen LogP contribution in [0.1, 0.15) is 56.6 Å². The van der Waals surface area contributed by atoms with E-state index in [9.17, 15) is 9.59 Å². The minimum absolute atomic E-state index is 0.0477. The zero-order chi connectivity index (χ0) is 23.8. The predicted molar refractivity (Wildman–Crippen MR) is 127 cm³/mol. The number of nitrogens with zero attached hydrogens (tertiary/aromatic N) is 3. The second kappa shape index (κ2) is 11.4. The van der Waals surface area contributed by atoms with Gasteiger partial charge in [-0.2, -0.15) is 0 Å². The Kier molecular flexibility index (Phi) is 8.40. The first-order chi connectivity index (χ1) is 15.9. The summed E-state index contributed by atoms with van der Waals surface area (Å²) in [7, 11) is 1.65. The van der Waals surface area contributed by atoms with Crippen molar-refractivity contribution in [1.82, 2.24) is 14.5 Å². The smallest absolute Gasteiger partial charge is 0.306 e. The molecule has 0 fully saturated rings. The lowest BCUT2D eigenvalue weighted by Crippen LogP contribution is -2.15. The zero-order valence-electron chi connectivity index (χ0n) is 19.8. The number of benzene rings is 1. The summed E-state index contributed by atoms with van der Waals surface area (Å²) in [6.45, 7) is 6.71. The third kappa shape index (κ3) is 6.31. The molecule has 0 aliphatic heterocycles. The molecule has 1 N–H and O–H groups in total. The molecule has 0 radical (unpaired) electrons. The van der Waals surface area contributed by atoms with Gasteiger partial charge in [-0.3, -0.25) is 9.59 Å². The first-order valence-electron chi connectivity index (χ1n) is 11.4. The van der Waals surface area contributed by atoms with Crippen LogP contribution in [0.2, 0.25) is 0 Å². The Labute approximate surface area is 194 Å². The number of hydrogen-bond donors (Lipinski definition) is 1. The topological polar surface area (TPSA) is 95.3 Å². The predicted octanol–water partition coefficient (Wildman–Crippen LogP) is 4.42. The molecule has 176 valence electrons. The average molecular weight is 453 g/mol. The second-order valence-corrected chi connectivity index (χ2v) is 7.88. The number of imidazole rings is 1. The van der Waals surface area contributed by atoms with Gasteiger partial charge < -0.3 is 19.4 Å². The van der Waals surface area contributed by atoms with Crippen LogP contribution in [0, 0.1) is 6.92 Å². The summed E-state index contributed by atoms with van der Waals surface area (Å²) in [5, 5.41) is 2.86. The highest BCUT2D eigenvalue weighted by Gasteiger charge is 2.16. The molecular formula is C25H32N4O4. The Balaban J connectivity index is 1.85. The largest absolute Gasteiger partial charge is 0.497 e. The first kappa shape index (κ1) is 24.2. The monoisotopic (exact) mass is 452 g/mol. The summed E-state index contributed by atoms with van der Waals surface area (Å²) >= 11 is 0. The highest BCUT2D eigenvalue weighted by molar-refractivity contribution is 5.94. The number of nitrogens with one attached hydrogen (secondary N) is 1. The quantitative estimate of drug-likeness (QED) is 0.433. The number of carbonyl (C=O) groups excluding carboxylic acids is 2. The van der Waals surface area contributed by atoms with Crippen molar-refractivity contribution in [2.24, 2.45) is 0 Å². The van der Waals surface area contributed by atoms with Crippen LogP contribution in [-0.4, -0.2) is 40.1 Å². The van der Waals surface area contributed by atoms with Crippen LogP contribution in [0.25, 0.3) is 11.2 Å². The van der Waals surface area contributed by atoms with Crippen LogP contribution in [0.3, 0.4) is 0 Å². The highest BCUT2D eigenvalue weighted by atomic mass is 16.5. The van der Waals surface area contributed by atoms with E-state index in [0.29, 0.717) is 24.5 Å². The van der Waals surface area contributed by atoms with Gasteiger partial charge in [0.15, 0.2) is 5.65 Å². The summed E-state index contributed by atoms with van der Waals surface area (Å²) in [4.78, 5) is 33.5. The molecule has 8 heteroatoms. The van der Waals surface area contributed by atoms with Crippen LogP contribution < -0.4 is 10.1 Å². The molecule has 0 aliphatic carbocycles. The number of amides is 1. The van der Waals surface area contributed by atoms with E-state index in [4.69, 9.17) is 19.4 Å². The average Bonchev–Trinajstić information content (AvgIpc) is 3.13. The van der Waals surface area contributed by atoms with Crippen LogP contribution in [0.15, 0.2) is 30.3 Å². The lowest BCUT2D eigenvalue weighted by molar-refractivity contribution is -0.144. The van der Waals surface area contributed by atoms with Crippen LogP contribution in [0.4, 0.5) is 5.69 Å². The Morgan fingerprint density at radius 3 is 2.52 bits per heavy atom. The van der Waals surface area contributed by atoms with Gasteiger partial charge in [0.2, 0.25) is 5.91 Å². The number of fused-ring (bicyclic) bond motifs is 1. The Morgan fingerprint density at radius 2 is 1.85 bits per heavy atom. The molecule has 0 unspecified atom stereocenters. The van der Waals surface area contributed by atoms with E-state index in [1.54, 1.807) is 14.0 Å². The molecular weight excluding hydrogens is 420 g/mol. The number of hydrogen-bond acceptors (Lipinski definition) is 6. The third-order valence-electron chi connectivity index (χ3n) is 5.38. The van der Waals surface area contributed by atoms with E-state index in [1.165, 1.54) is 0 Å². The van der Waals surface area contributed by atoms with Crippen LogP contribution >= 0.6 is 0 Å². The van der Waals surface area contributed by atoms with E-state index >= 15 is 0 Å². The first-order valence-corrected chi connectivity index (χ1v) is 11.4. The fraction of sp³-hybridized carbons (Fsp3) is 0.440. The fourth-order valence-corrected chi connectivity index (χ4v) is 3.58. The maximum Gasteiger partial charge on any atom is 0.306 e. The van der Waals surface area contributed by atoms with Crippen molar-refractivity contribution in [1.29, 1.82) is 0 Å². The lowest BCUT2D eigenvalue weighted by atomic mass is 10.2. The molecule has 0 bridgehead atoms. The molecule has 0 atom stereocenters. The molecule has 0 saturated heterocycles. The number of aryl methyl sites for hydroxylation is 2. The number of anilines is 1. The van der Waals surface area contributed by atoms with Gasteiger partial charge in [0.1, 0.15) is 17.1 Å². The van der Waals surface area contributed by atoms with Crippen molar-refractivity contribution in [2.75, 3.05) is 19.0 Å². The molecule has 8 nitrogen and oxygen atoms in total. The van der Waals surface area contributed by atoms with E-state index in [0.717, 1.165) is 47.6 Å². The fourth-order valence-electron chi connectivity index (χ4n) is 3.58. The Bertz CT molecular complexity index is 1110. The minimum Gasteiger partial charge on any atom is -0.497 e. The van der Waals surface area contributed by atoms with Gasteiger partial charge in [-0.05, 0) is 44.0 Å². The normalized spacial score (nSPS) is 10.9. The lowest BCUT2D eigenvalue weighted by Gasteiger charge is -2.11. The van der Waals surface area contributed by atoms with Gasteiger partial charge in [-0.15, -0.1) is 0 Å². The van der Waals surface area contributed by atoms with Crippen molar-refractivity contribution < 1.29 is 19.1 Å². The van der Waals surface area contributed by atoms with Gasteiger partial charge in [-0.25, -0.2) is 9.97 Å². The minimum atomic E-state index is -0.379. The number of carbonyl (C=O) groups is 2. The van der Waals surface area contributed by atoms with E-state index in [1.807, 2.05) is 37.3 Å². The van der Waals surface area contributed by atoms with Crippen LogP contribution in [0.5, 0.6) is 5.75 Å². The van der Waals surface area contributed by atoms with E-state index < -0.39 is 0 Å². The van der Waals surface area contributed by atoms with Gasteiger partial charge in [0.25, 0.3) is 0 Å². The van der Waals surface area contributed by atoms with Gasteiger partial charge in [-0.1, -0.05) is 25.5 Å². The molecule has 2 heterocycles. The maximum atomic E-state index is 12.3. The summed E-state index contributed by atoms with van der Waals surface area (Å²) < 4.78 is 12.3. The van der Waals surface area contributed by atoms with E-state index in [2.05, 4.69) is 16.8 Å². The third-order valence-corrected chi connectivity index (χ3v) is 5.38. The van der Waals surface area contributed by atoms with Crippen molar-refractivity contribution in [3.8, 4) is 5.75 Å². The number of methoxy groups -OCH3 is 1. The number of ether oxygens (including phenoxy) is 2. The van der Waals surface area contributed by atoms with Gasteiger partial charge in [0, 0.05) is 12.8 Å². The number of rotatable bonds is 11. The van der Waals surface area contributed by atoms with Crippen molar-refractivity contribution in [3.63, 3.8) is 0 Å². The summed E-state index contributed by atoms with van der Waals surface area (Å²) in [5.41, 5.74) is 3.96. The Hall–Kier alpha value is -3.42. The summed E-state index contributed by atoms with van der Waals surface area (Å²) in [6, 6.07) is 9.84. The van der Waals surface area contributed by atoms with Crippen molar-refractivity contribution in [2.45, 2.75) is 59.4 Å². The molecule has 3 aromatic rings. The molecule has 1 aromatic carbocycles. The van der Waals surface area contributed by atoms with Crippen molar-refractivity contribution in [3.05, 3.63) is 47.4 Å². The molecule has 0 spiro atoms. The number of pyridine rings is 1. The maximum absolute atomic E-state index is 12.3. The van der Waals surface area contributed by atoms with Crippen molar-refractivity contribution >= 4 is 28.7 Å². The summed E-state index contributed by atoms with van der Waals surface area (Å²) in [5.74, 6) is 1.16. The number of aromatic nitrogens is 3. The molecule has 33 heavy (non-hydrogen) atoms. The SMILES string of the molecule is CCCCc1nc2cc(NC(=O)CCC(=O)OCC)c(C)nc2n1Cc1ccc(OC)cc1. The standard InChI is InChI=1S/C25H32N4O4/c1-5-7-8-22-27-21-15-20(28-23(30)13-14-24(31)33-6-2)17(3)26-25(21)29(22)16-18-9-11-19(32-4)12-10-18/h9-12,15H,5-8,13-14,16H2,1-4H3,(H,28,30). The summed E-state index contributed by atoms with van der Waals surface area (Å²) in [6.07, 6.45) is 3.06. The molecule has 1 amide bonds. The molecule has 3 rings (SSSR count). The second-order valence-electron chi connectivity index (χ2n) is 7.88. The Morgan fingerprint density at radius 1 is 1.09 bits per heavy atom. The van der Waals surface area contributed by atoms with Gasteiger partial charge >= 0.3 is 5.97 Å². The number of unbranched alkanes of at least 4 members (excludes halogenated alkanes) is 1. The number of esters is 1.